The number of benzene rings is 1. The lowest BCUT2D eigenvalue weighted by Gasteiger charge is -2.27. The van der Waals surface area contributed by atoms with E-state index in [4.69, 9.17) is 5.73 Å². The molecule has 0 bridgehead atoms. The van der Waals surface area contributed by atoms with Crippen LogP contribution in [0, 0.1) is 5.41 Å². The first-order chi connectivity index (χ1) is 6.82. The zero-order valence-corrected chi connectivity index (χ0v) is 11.8. The Hall–Kier alpha value is -0.530. The van der Waals surface area contributed by atoms with Gasteiger partial charge in [0.25, 0.3) is 0 Å². The van der Waals surface area contributed by atoms with Gasteiger partial charge in [-0.15, -0.1) is 12.4 Å². The summed E-state index contributed by atoms with van der Waals surface area (Å²) in [6.07, 6.45) is 0. The Morgan fingerprint density at radius 3 is 1.62 bits per heavy atom. The highest BCUT2D eigenvalue weighted by Crippen LogP contribution is 2.30. The number of halogens is 1. The zero-order chi connectivity index (χ0) is 11.6. The van der Waals surface area contributed by atoms with Crippen LogP contribution in [-0.4, -0.2) is 0 Å². The van der Waals surface area contributed by atoms with Gasteiger partial charge in [-0.1, -0.05) is 58.9 Å². The fourth-order valence-corrected chi connectivity index (χ4v) is 1.59. The molecule has 92 valence electrons. The Kier molecular flexibility index (Phi) is 5.51. The Balaban J connectivity index is 0.00000225. The Morgan fingerprint density at radius 1 is 0.938 bits per heavy atom. The van der Waals surface area contributed by atoms with Gasteiger partial charge in [0.15, 0.2) is 0 Å². The third kappa shape index (κ3) is 3.80. The summed E-state index contributed by atoms with van der Waals surface area (Å²) in [6.45, 7) is 10.9. The van der Waals surface area contributed by atoms with Crippen LogP contribution in [0.4, 0.5) is 0 Å². The summed E-state index contributed by atoms with van der Waals surface area (Å²) < 4.78 is 0. The topological polar surface area (TPSA) is 26.0 Å². The molecular formula is C14H24ClN. The standard InChI is InChI=1S/C14H23N.ClH/c1-10(2)11-6-8-12(9-7-11)13(15)14(3,4)5;/h6-10,13H,15H2,1-5H3;1H/t13-;/m1./s1. The van der Waals surface area contributed by atoms with E-state index in [2.05, 4.69) is 58.9 Å². The third-order valence-electron chi connectivity index (χ3n) is 2.90. The number of rotatable bonds is 2. The summed E-state index contributed by atoms with van der Waals surface area (Å²) in [5.74, 6) is 0.588. The molecule has 0 saturated carbocycles. The molecule has 2 heteroatoms. The number of hydrogen-bond acceptors (Lipinski definition) is 1. The van der Waals surface area contributed by atoms with E-state index in [9.17, 15) is 0 Å². The summed E-state index contributed by atoms with van der Waals surface area (Å²) in [6, 6.07) is 8.80. The third-order valence-corrected chi connectivity index (χ3v) is 2.90. The van der Waals surface area contributed by atoms with Crippen LogP contribution in [0.3, 0.4) is 0 Å². The van der Waals surface area contributed by atoms with E-state index in [1.54, 1.807) is 0 Å². The van der Waals surface area contributed by atoms with Gasteiger partial charge in [-0.2, -0.15) is 0 Å². The van der Waals surface area contributed by atoms with Crippen molar-refractivity contribution < 1.29 is 0 Å². The minimum atomic E-state index is 0. The second-order valence-electron chi connectivity index (χ2n) is 5.67. The van der Waals surface area contributed by atoms with E-state index in [0.29, 0.717) is 5.92 Å². The van der Waals surface area contributed by atoms with Crippen LogP contribution < -0.4 is 5.73 Å². The SMILES string of the molecule is CC(C)c1ccc([C@@H](N)C(C)(C)C)cc1.Cl. The van der Waals surface area contributed by atoms with Crippen molar-refractivity contribution in [2.45, 2.75) is 46.6 Å². The lowest BCUT2D eigenvalue weighted by molar-refractivity contribution is 0.327. The molecular weight excluding hydrogens is 218 g/mol. The lowest BCUT2D eigenvalue weighted by Crippen LogP contribution is -2.26. The summed E-state index contributed by atoms with van der Waals surface area (Å²) in [4.78, 5) is 0. The average Bonchev–Trinajstić information content (AvgIpc) is 2.15. The molecule has 0 aliphatic carbocycles. The van der Waals surface area contributed by atoms with Crippen molar-refractivity contribution in [1.29, 1.82) is 0 Å². The molecule has 0 aromatic heterocycles. The molecule has 0 heterocycles. The predicted octanol–water partition coefficient (Wildman–Crippen LogP) is 4.28. The Bertz CT molecular complexity index is 309. The second kappa shape index (κ2) is 5.70. The van der Waals surface area contributed by atoms with Gasteiger partial charge in [0.2, 0.25) is 0 Å². The molecule has 0 aliphatic rings. The summed E-state index contributed by atoms with van der Waals surface area (Å²) in [5.41, 5.74) is 8.93. The molecule has 0 spiro atoms. The van der Waals surface area contributed by atoms with Crippen LogP contribution >= 0.6 is 12.4 Å². The number of hydrogen-bond donors (Lipinski definition) is 1. The van der Waals surface area contributed by atoms with E-state index < -0.39 is 0 Å². The van der Waals surface area contributed by atoms with Gasteiger partial charge in [0, 0.05) is 6.04 Å². The molecule has 0 radical (unpaired) electrons. The first kappa shape index (κ1) is 15.5. The normalized spacial score (nSPS) is 13.4. The lowest BCUT2D eigenvalue weighted by atomic mass is 9.82. The highest BCUT2D eigenvalue weighted by atomic mass is 35.5. The van der Waals surface area contributed by atoms with Crippen LogP contribution in [0.5, 0.6) is 0 Å². The minimum Gasteiger partial charge on any atom is -0.324 e. The average molecular weight is 242 g/mol. The van der Waals surface area contributed by atoms with Gasteiger partial charge in [-0.25, -0.2) is 0 Å². The summed E-state index contributed by atoms with van der Waals surface area (Å²) >= 11 is 0. The molecule has 1 aromatic rings. The van der Waals surface area contributed by atoms with E-state index >= 15 is 0 Å². The maximum atomic E-state index is 6.20. The summed E-state index contributed by atoms with van der Waals surface area (Å²) in [5, 5.41) is 0. The van der Waals surface area contributed by atoms with Crippen LogP contribution in [0.25, 0.3) is 0 Å². The smallest absolute Gasteiger partial charge is 0.0344 e. The fourth-order valence-electron chi connectivity index (χ4n) is 1.59. The Labute approximate surface area is 106 Å². The van der Waals surface area contributed by atoms with E-state index in [0.717, 1.165) is 0 Å². The maximum Gasteiger partial charge on any atom is 0.0344 e. The maximum absolute atomic E-state index is 6.20. The first-order valence-electron chi connectivity index (χ1n) is 5.68. The van der Waals surface area contributed by atoms with Crippen molar-refractivity contribution in [3.8, 4) is 0 Å². The van der Waals surface area contributed by atoms with Gasteiger partial charge >= 0.3 is 0 Å². The van der Waals surface area contributed by atoms with E-state index in [1.165, 1.54) is 11.1 Å². The molecule has 1 aromatic carbocycles. The van der Waals surface area contributed by atoms with E-state index in [1.807, 2.05) is 0 Å². The van der Waals surface area contributed by atoms with Gasteiger partial charge in [0.05, 0.1) is 0 Å². The van der Waals surface area contributed by atoms with Crippen LogP contribution in [0.2, 0.25) is 0 Å². The van der Waals surface area contributed by atoms with Crippen molar-refractivity contribution in [2.24, 2.45) is 11.1 Å². The van der Waals surface area contributed by atoms with Gasteiger partial charge in [-0.05, 0) is 22.5 Å². The Morgan fingerprint density at radius 2 is 1.31 bits per heavy atom. The van der Waals surface area contributed by atoms with Gasteiger partial charge in [-0.3, -0.25) is 0 Å². The summed E-state index contributed by atoms with van der Waals surface area (Å²) in [7, 11) is 0. The highest BCUT2D eigenvalue weighted by molar-refractivity contribution is 5.85. The molecule has 0 fully saturated rings. The van der Waals surface area contributed by atoms with Crippen LogP contribution in [-0.2, 0) is 0 Å². The van der Waals surface area contributed by atoms with Crippen LogP contribution in [0.15, 0.2) is 24.3 Å². The largest absolute Gasteiger partial charge is 0.324 e. The zero-order valence-electron chi connectivity index (χ0n) is 10.9. The molecule has 0 aliphatic heterocycles. The van der Waals surface area contributed by atoms with Crippen molar-refractivity contribution >= 4 is 12.4 Å². The molecule has 1 nitrogen and oxygen atoms in total. The van der Waals surface area contributed by atoms with Crippen molar-refractivity contribution in [3.63, 3.8) is 0 Å². The quantitative estimate of drug-likeness (QED) is 0.822. The molecule has 16 heavy (non-hydrogen) atoms. The van der Waals surface area contributed by atoms with Crippen molar-refractivity contribution in [2.75, 3.05) is 0 Å². The minimum absolute atomic E-state index is 0. The molecule has 0 amide bonds. The van der Waals surface area contributed by atoms with Crippen LogP contribution in [0.1, 0.15) is 57.7 Å². The van der Waals surface area contributed by atoms with Crippen molar-refractivity contribution in [3.05, 3.63) is 35.4 Å². The number of nitrogens with two attached hydrogens (primary N) is 1. The predicted molar refractivity (Wildman–Crippen MR) is 74.2 cm³/mol. The highest BCUT2D eigenvalue weighted by Gasteiger charge is 2.21. The van der Waals surface area contributed by atoms with E-state index in [-0.39, 0.29) is 23.9 Å². The van der Waals surface area contributed by atoms with Gasteiger partial charge < -0.3 is 5.73 Å². The fraction of sp³-hybridized carbons (Fsp3) is 0.571. The van der Waals surface area contributed by atoms with Crippen molar-refractivity contribution in [1.82, 2.24) is 0 Å². The second-order valence-corrected chi connectivity index (χ2v) is 5.67. The molecule has 1 atom stereocenters. The molecule has 0 unspecified atom stereocenters. The molecule has 2 N–H and O–H groups in total. The molecule has 1 rings (SSSR count). The molecule has 0 saturated heterocycles. The first-order valence-corrected chi connectivity index (χ1v) is 5.68. The monoisotopic (exact) mass is 241 g/mol. The van der Waals surface area contributed by atoms with Gasteiger partial charge in [0.1, 0.15) is 0 Å².